The number of carboxylic acid groups (broad SMARTS) is 1. The molecule has 0 saturated heterocycles. The number of nitrogens with one attached hydrogen (secondary N) is 3. The Labute approximate surface area is 312 Å². The maximum atomic E-state index is 13.2. The Morgan fingerprint density at radius 3 is 1.85 bits per heavy atom. The molecule has 5 rings (SSSR count). The largest absolute Gasteiger partial charge is 1.00 e. The molecular weight excluding hydrogens is 648 g/mol. The first-order valence-electron chi connectivity index (χ1n) is 13.1. The summed E-state index contributed by atoms with van der Waals surface area (Å²) in [6.45, 7) is 1.30. The Morgan fingerprint density at radius 1 is 0.766 bits per heavy atom. The molecule has 13 nitrogen and oxygen atoms in total. The van der Waals surface area contributed by atoms with Crippen molar-refractivity contribution in [1.82, 2.24) is 0 Å². The van der Waals surface area contributed by atoms with Crippen molar-refractivity contribution in [3.05, 3.63) is 107 Å². The van der Waals surface area contributed by atoms with Crippen molar-refractivity contribution in [1.29, 1.82) is 0 Å². The van der Waals surface area contributed by atoms with E-state index in [1.807, 2.05) is 0 Å². The summed E-state index contributed by atoms with van der Waals surface area (Å²) in [6.07, 6.45) is 4.65. The zero-order valence-corrected chi connectivity index (χ0v) is 30.0. The van der Waals surface area contributed by atoms with E-state index in [0.29, 0.717) is 17.1 Å². The number of rotatable bonds is 8. The monoisotopic (exact) mass is 669 g/mol. The molecule has 0 bridgehead atoms. The van der Waals surface area contributed by atoms with Crippen LogP contribution in [-0.2, 0) is 24.5 Å². The number of allylic oxidation sites excluding steroid dienone is 4. The number of anilines is 3. The van der Waals surface area contributed by atoms with Gasteiger partial charge in [-0.05, 0) is 77.4 Å². The Morgan fingerprint density at radius 2 is 1.32 bits per heavy atom. The van der Waals surface area contributed by atoms with Crippen LogP contribution in [-0.4, -0.2) is 47.8 Å². The minimum atomic E-state index is -5.06. The predicted octanol–water partition coefficient (Wildman–Crippen LogP) is -3.55. The number of fused-ring (bicyclic) bond motifs is 1. The average molecular weight is 670 g/mol. The summed E-state index contributed by atoms with van der Waals surface area (Å²) >= 11 is 0. The van der Waals surface area contributed by atoms with Gasteiger partial charge in [0.1, 0.15) is 15.8 Å². The van der Waals surface area contributed by atoms with Crippen LogP contribution in [0.4, 0.5) is 17.1 Å². The quantitative estimate of drug-likeness (QED) is 0.0707. The third-order valence-corrected chi connectivity index (χ3v) is 7.37. The molecule has 0 aliphatic heterocycles. The van der Waals surface area contributed by atoms with Gasteiger partial charge in [0.2, 0.25) is 11.7 Å². The van der Waals surface area contributed by atoms with Gasteiger partial charge in [-0.2, -0.15) is 10.2 Å². The standard InChI is InChI=1S/C31H23N5O8S.2Na/c1-17(37)32-23-11-6-20-14-28(45(42,43)44)29(30(39)25(20)15-23)36-34-22-9-4-19(5-10-22)18-2-7-21(8-3-18)33-35-24-12-13-27(38)26(16-24)31(40)41;;/h2-16,33-34H,1H3,(H,32,37)(H,40,41)(H,42,43,44);;/q;2*+1/p-2. The van der Waals surface area contributed by atoms with Crippen molar-refractivity contribution < 1.29 is 96.4 Å². The third kappa shape index (κ3) is 9.09. The van der Waals surface area contributed by atoms with E-state index in [4.69, 9.17) is 0 Å². The summed E-state index contributed by atoms with van der Waals surface area (Å²) in [7, 11) is -5.06. The van der Waals surface area contributed by atoms with Gasteiger partial charge in [0.05, 0.1) is 28.0 Å². The van der Waals surface area contributed by atoms with Crippen molar-refractivity contribution >= 4 is 68.1 Å². The van der Waals surface area contributed by atoms with Crippen LogP contribution in [0.5, 0.6) is 0 Å². The number of benzene rings is 3. The van der Waals surface area contributed by atoms with Gasteiger partial charge in [0.15, 0.2) is 5.78 Å². The molecule has 3 aromatic rings. The Kier molecular flexibility index (Phi) is 12.5. The Hall–Kier alpha value is -3.99. The second-order valence-electron chi connectivity index (χ2n) is 9.69. The predicted molar refractivity (Wildman–Crippen MR) is 164 cm³/mol. The van der Waals surface area contributed by atoms with Gasteiger partial charge in [-0.1, -0.05) is 30.3 Å². The number of ketones is 2. The number of Topliss-reactive ketones (excluding diaryl/α,β-unsaturated/α-hetero) is 1. The Balaban J connectivity index is 0.00000300. The maximum Gasteiger partial charge on any atom is 1.00 e. The molecule has 0 spiro atoms. The van der Waals surface area contributed by atoms with Crippen LogP contribution < -0.4 is 80.4 Å². The van der Waals surface area contributed by atoms with Crippen molar-refractivity contribution in [2.75, 3.05) is 16.2 Å². The van der Waals surface area contributed by atoms with Gasteiger partial charge in [-0.3, -0.25) is 25.2 Å². The zero-order valence-electron chi connectivity index (χ0n) is 25.2. The van der Waals surface area contributed by atoms with E-state index in [-0.39, 0.29) is 81.9 Å². The normalized spacial score (nSPS) is 15.4. The van der Waals surface area contributed by atoms with Crippen molar-refractivity contribution in [2.45, 2.75) is 6.92 Å². The molecule has 0 saturated carbocycles. The summed E-state index contributed by atoms with van der Waals surface area (Å²) in [4.78, 5) is 46.5. The summed E-state index contributed by atoms with van der Waals surface area (Å²) in [5, 5.41) is 21.6. The third-order valence-electron chi connectivity index (χ3n) is 6.52. The number of hydrogen-bond acceptors (Lipinski definition) is 12. The van der Waals surface area contributed by atoms with E-state index < -0.39 is 43.8 Å². The first-order chi connectivity index (χ1) is 21.4. The molecule has 2 aliphatic carbocycles. The van der Waals surface area contributed by atoms with Crippen molar-refractivity contribution in [3.63, 3.8) is 0 Å². The molecule has 0 heterocycles. The molecule has 3 aromatic carbocycles. The molecule has 2 aliphatic rings. The maximum absolute atomic E-state index is 13.2. The molecule has 3 N–H and O–H groups in total. The minimum Gasteiger partial charge on any atom is -0.744 e. The first kappa shape index (κ1) is 37.5. The molecule has 0 fully saturated rings. The van der Waals surface area contributed by atoms with Gasteiger partial charge in [-0.25, -0.2) is 8.42 Å². The number of carbonyl (C=O) groups excluding carboxylic acids is 4. The van der Waals surface area contributed by atoms with Crippen LogP contribution in [0, 0.1) is 0 Å². The number of nitrogens with zero attached hydrogens (tertiary/aromatic N) is 2. The fourth-order valence-corrected chi connectivity index (χ4v) is 5.02. The number of aliphatic carboxylic acids is 1. The van der Waals surface area contributed by atoms with Crippen LogP contribution in [0.1, 0.15) is 22.8 Å². The molecule has 16 heteroatoms. The van der Waals surface area contributed by atoms with E-state index in [1.165, 1.54) is 31.2 Å². The fraction of sp³-hybridized carbons (Fsp3) is 0.0323. The average Bonchev–Trinajstić information content (AvgIpc) is 3.00. The van der Waals surface area contributed by atoms with E-state index in [2.05, 4.69) is 26.4 Å². The van der Waals surface area contributed by atoms with E-state index in [0.717, 1.165) is 29.4 Å². The molecule has 226 valence electrons. The number of carbonyl (C=O) groups is 4. The summed E-state index contributed by atoms with van der Waals surface area (Å²) < 4.78 is 35.9. The topological polar surface area (TPSA) is 209 Å². The number of amides is 1. The van der Waals surface area contributed by atoms with Crippen molar-refractivity contribution in [3.8, 4) is 11.1 Å². The molecule has 0 unspecified atom stereocenters. The van der Waals surface area contributed by atoms with Gasteiger partial charge in [0.25, 0.3) is 0 Å². The molecule has 0 radical (unpaired) electrons. The van der Waals surface area contributed by atoms with Crippen LogP contribution in [0.2, 0.25) is 0 Å². The molecule has 1 amide bonds. The van der Waals surface area contributed by atoms with E-state index >= 15 is 0 Å². The SMILES string of the molecule is CC(=O)Nc1ccc2c(c1)C(=O)C(=NNc1ccc(-c3ccc(NN=C4C=CC(=O)C(C(=O)[O-])=C4)cc3)cc1)C(S(=O)(=O)[O-])=C2.[Na+].[Na+]. The smallest absolute Gasteiger partial charge is 0.744 e. The van der Waals surface area contributed by atoms with E-state index in [9.17, 15) is 37.3 Å². The summed E-state index contributed by atoms with van der Waals surface area (Å²) in [5.74, 6) is -3.42. The summed E-state index contributed by atoms with van der Waals surface area (Å²) in [5.41, 5.74) is 7.77. The molecular formula is C31H21N5Na2O8S. The van der Waals surface area contributed by atoms with Gasteiger partial charge in [-0.15, -0.1) is 0 Å². The van der Waals surface area contributed by atoms with Gasteiger partial charge in [0, 0.05) is 23.7 Å². The molecule has 47 heavy (non-hydrogen) atoms. The van der Waals surface area contributed by atoms with Crippen LogP contribution >= 0.6 is 0 Å². The van der Waals surface area contributed by atoms with Crippen LogP contribution in [0.15, 0.2) is 106 Å². The van der Waals surface area contributed by atoms with Gasteiger partial charge >= 0.3 is 59.1 Å². The number of hydrazone groups is 2. The molecule has 0 atom stereocenters. The van der Waals surface area contributed by atoms with E-state index in [1.54, 1.807) is 48.5 Å². The number of hydrogen-bond donors (Lipinski definition) is 3. The summed E-state index contributed by atoms with van der Waals surface area (Å²) in [6, 6.07) is 18.1. The fourth-order valence-electron chi connectivity index (χ4n) is 4.38. The first-order valence-corrected chi connectivity index (χ1v) is 14.5. The minimum absolute atomic E-state index is 0. The van der Waals surface area contributed by atoms with Gasteiger partial charge < -0.3 is 19.8 Å². The second kappa shape index (κ2) is 15.7. The Bertz CT molecular complexity index is 2040. The zero-order chi connectivity index (χ0) is 32.3. The molecule has 0 aromatic heterocycles. The second-order valence-corrected chi connectivity index (χ2v) is 11.0. The number of carboxylic acids is 1. The van der Waals surface area contributed by atoms with Crippen LogP contribution in [0.25, 0.3) is 17.2 Å². The van der Waals surface area contributed by atoms with Crippen molar-refractivity contribution in [2.24, 2.45) is 10.2 Å². The van der Waals surface area contributed by atoms with Crippen LogP contribution in [0.3, 0.4) is 0 Å².